The van der Waals surface area contributed by atoms with Crippen LogP contribution >= 0.6 is 24.0 Å². The van der Waals surface area contributed by atoms with E-state index in [-0.39, 0.29) is 41.5 Å². The smallest absolute Gasteiger partial charge is 0.291 e. The highest BCUT2D eigenvalue weighted by atomic mass is 127. The molecule has 0 unspecified atom stereocenters. The Hall–Kier alpha value is -2.88. The zero-order valence-electron chi connectivity index (χ0n) is 16.5. The van der Waals surface area contributed by atoms with Gasteiger partial charge in [-0.05, 0) is 42.8 Å². The number of aliphatic imine (C=N–C) groups is 1. The Morgan fingerprint density at radius 2 is 1.90 bits per heavy atom. The topological polar surface area (TPSA) is 78.7 Å². The van der Waals surface area contributed by atoms with Gasteiger partial charge < -0.3 is 20.4 Å². The molecular weight excluding hydrogens is 498 g/mol. The Balaban J connectivity index is 0.00000320. The van der Waals surface area contributed by atoms with Crippen molar-refractivity contribution in [1.29, 1.82) is 0 Å². The quantitative estimate of drug-likeness (QED) is 0.242. The highest BCUT2D eigenvalue weighted by Gasteiger charge is 2.09. The molecule has 3 N–H and O–H groups in total. The van der Waals surface area contributed by atoms with Crippen molar-refractivity contribution in [3.8, 4) is 0 Å². The standard InChI is InChI=1S/C22H23FN4O2.HI/c1-2-24-22(26-15-17-8-3-4-10-19(17)23)25-14-16-7-5-9-18(13-16)27-21(28)20-11-6-12-29-20;/h3-13H,2,14-15H2,1H3,(H,27,28)(H2,24,25,26);1H. The molecule has 0 saturated carbocycles. The SMILES string of the molecule is CCNC(=NCc1cccc(NC(=O)c2ccco2)c1)NCc1ccccc1F.I. The van der Waals surface area contributed by atoms with Crippen LogP contribution in [0.5, 0.6) is 0 Å². The fourth-order valence-corrected chi connectivity index (χ4v) is 2.68. The summed E-state index contributed by atoms with van der Waals surface area (Å²) in [6, 6.07) is 17.3. The number of carbonyl (C=O) groups excluding carboxylic acids is 1. The van der Waals surface area contributed by atoms with Crippen LogP contribution in [0.3, 0.4) is 0 Å². The van der Waals surface area contributed by atoms with E-state index in [1.165, 1.54) is 12.3 Å². The van der Waals surface area contributed by atoms with Crippen LogP contribution in [-0.4, -0.2) is 18.4 Å². The van der Waals surface area contributed by atoms with Gasteiger partial charge in [-0.3, -0.25) is 4.79 Å². The third-order valence-corrected chi connectivity index (χ3v) is 4.10. The number of amides is 1. The number of rotatable bonds is 7. The van der Waals surface area contributed by atoms with Crippen LogP contribution in [0.1, 0.15) is 28.6 Å². The first-order chi connectivity index (χ1) is 14.2. The van der Waals surface area contributed by atoms with Crippen LogP contribution in [-0.2, 0) is 13.1 Å². The van der Waals surface area contributed by atoms with Crippen molar-refractivity contribution in [1.82, 2.24) is 10.6 Å². The van der Waals surface area contributed by atoms with E-state index in [2.05, 4.69) is 20.9 Å². The first-order valence-corrected chi connectivity index (χ1v) is 9.35. The normalized spacial score (nSPS) is 10.8. The van der Waals surface area contributed by atoms with Gasteiger partial charge in [-0.15, -0.1) is 24.0 Å². The number of anilines is 1. The van der Waals surface area contributed by atoms with Crippen LogP contribution in [0.2, 0.25) is 0 Å². The molecule has 0 atom stereocenters. The second-order valence-electron chi connectivity index (χ2n) is 6.27. The third kappa shape index (κ3) is 6.87. The van der Waals surface area contributed by atoms with Crippen molar-refractivity contribution < 1.29 is 13.6 Å². The van der Waals surface area contributed by atoms with Crippen LogP contribution in [0.15, 0.2) is 76.3 Å². The van der Waals surface area contributed by atoms with E-state index in [0.717, 1.165) is 5.56 Å². The average Bonchev–Trinajstić information content (AvgIpc) is 3.26. The molecule has 1 amide bonds. The van der Waals surface area contributed by atoms with E-state index in [1.807, 2.05) is 25.1 Å². The maximum absolute atomic E-state index is 13.8. The summed E-state index contributed by atoms with van der Waals surface area (Å²) in [5.41, 5.74) is 2.15. The summed E-state index contributed by atoms with van der Waals surface area (Å²) in [5.74, 6) is 0.271. The van der Waals surface area contributed by atoms with Crippen molar-refractivity contribution in [2.45, 2.75) is 20.0 Å². The molecule has 1 aromatic heterocycles. The van der Waals surface area contributed by atoms with Crippen molar-refractivity contribution in [2.75, 3.05) is 11.9 Å². The number of benzene rings is 2. The van der Waals surface area contributed by atoms with E-state index < -0.39 is 0 Å². The molecule has 0 bridgehead atoms. The van der Waals surface area contributed by atoms with Gasteiger partial charge in [0.2, 0.25) is 0 Å². The molecule has 3 aromatic rings. The van der Waals surface area contributed by atoms with Gasteiger partial charge in [0.1, 0.15) is 5.82 Å². The second kappa shape index (κ2) is 12.0. The number of carbonyl (C=O) groups is 1. The maximum atomic E-state index is 13.8. The number of halogens is 2. The molecule has 0 aliphatic rings. The lowest BCUT2D eigenvalue weighted by Crippen LogP contribution is -2.37. The fourth-order valence-electron chi connectivity index (χ4n) is 2.68. The highest BCUT2D eigenvalue weighted by Crippen LogP contribution is 2.13. The number of guanidine groups is 1. The number of furan rings is 1. The Labute approximate surface area is 192 Å². The van der Waals surface area contributed by atoms with E-state index in [4.69, 9.17) is 4.42 Å². The molecule has 0 saturated heterocycles. The fraction of sp³-hybridized carbons (Fsp3) is 0.182. The predicted molar refractivity (Wildman–Crippen MR) is 127 cm³/mol. The number of hydrogen-bond donors (Lipinski definition) is 3. The number of nitrogens with one attached hydrogen (secondary N) is 3. The molecule has 0 aliphatic carbocycles. The maximum Gasteiger partial charge on any atom is 0.291 e. The zero-order valence-corrected chi connectivity index (χ0v) is 18.9. The minimum absolute atomic E-state index is 0. The molecule has 30 heavy (non-hydrogen) atoms. The molecule has 6 nitrogen and oxygen atoms in total. The van der Waals surface area contributed by atoms with Gasteiger partial charge in [-0.2, -0.15) is 0 Å². The molecule has 3 rings (SSSR count). The van der Waals surface area contributed by atoms with Crippen LogP contribution < -0.4 is 16.0 Å². The van der Waals surface area contributed by atoms with Gasteiger partial charge >= 0.3 is 0 Å². The van der Waals surface area contributed by atoms with Crippen LogP contribution in [0.4, 0.5) is 10.1 Å². The minimum Gasteiger partial charge on any atom is -0.459 e. The predicted octanol–water partition coefficient (Wildman–Crippen LogP) is 4.54. The first kappa shape index (κ1) is 23.4. The van der Waals surface area contributed by atoms with E-state index in [9.17, 15) is 9.18 Å². The lowest BCUT2D eigenvalue weighted by atomic mass is 10.2. The Kier molecular flexibility index (Phi) is 9.33. The lowest BCUT2D eigenvalue weighted by Gasteiger charge is -2.12. The summed E-state index contributed by atoms with van der Waals surface area (Å²) in [7, 11) is 0. The van der Waals surface area contributed by atoms with Crippen molar-refractivity contribution in [3.05, 3.63) is 89.6 Å². The van der Waals surface area contributed by atoms with Crippen LogP contribution in [0.25, 0.3) is 0 Å². The summed E-state index contributed by atoms with van der Waals surface area (Å²) in [5, 5.41) is 9.07. The molecule has 0 radical (unpaired) electrons. The summed E-state index contributed by atoms with van der Waals surface area (Å²) in [6.07, 6.45) is 1.45. The van der Waals surface area contributed by atoms with Gasteiger partial charge in [-0.25, -0.2) is 9.38 Å². The average molecular weight is 522 g/mol. The highest BCUT2D eigenvalue weighted by molar-refractivity contribution is 14.0. The Bertz CT molecular complexity index is 977. The molecule has 1 heterocycles. The van der Waals surface area contributed by atoms with Gasteiger partial charge in [0.05, 0.1) is 12.8 Å². The number of nitrogens with zero attached hydrogens (tertiary/aromatic N) is 1. The Morgan fingerprint density at radius 1 is 1.07 bits per heavy atom. The molecule has 158 valence electrons. The summed E-state index contributed by atoms with van der Waals surface area (Å²) in [6.45, 7) is 3.38. The number of hydrogen-bond acceptors (Lipinski definition) is 3. The molecule has 0 fully saturated rings. The minimum atomic E-state index is -0.310. The molecule has 2 aromatic carbocycles. The van der Waals surface area contributed by atoms with E-state index in [0.29, 0.717) is 36.8 Å². The van der Waals surface area contributed by atoms with Gasteiger partial charge in [0.25, 0.3) is 5.91 Å². The third-order valence-electron chi connectivity index (χ3n) is 4.10. The monoisotopic (exact) mass is 522 g/mol. The summed E-state index contributed by atoms with van der Waals surface area (Å²) in [4.78, 5) is 16.6. The van der Waals surface area contributed by atoms with Crippen molar-refractivity contribution in [3.63, 3.8) is 0 Å². The largest absolute Gasteiger partial charge is 0.459 e. The second-order valence-corrected chi connectivity index (χ2v) is 6.27. The first-order valence-electron chi connectivity index (χ1n) is 9.35. The van der Waals surface area contributed by atoms with Gasteiger partial charge in [-0.1, -0.05) is 30.3 Å². The van der Waals surface area contributed by atoms with E-state index in [1.54, 1.807) is 36.4 Å². The lowest BCUT2D eigenvalue weighted by molar-refractivity contribution is 0.0996. The Morgan fingerprint density at radius 3 is 2.63 bits per heavy atom. The molecule has 0 aliphatic heterocycles. The summed E-state index contributed by atoms with van der Waals surface area (Å²) < 4.78 is 18.9. The van der Waals surface area contributed by atoms with Crippen molar-refractivity contribution >= 4 is 41.5 Å². The molecular formula is C22H24FIN4O2. The van der Waals surface area contributed by atoms with Crippen LogP contribution in [0, 0.1) is 5.82 Å². The van der Waals surface area contributed by atoms with E-state index >= 15 is 0 Å². The summed E-state index contributed by atoms with van der Waals surface area (Å²) >= 11 is 0. The van der Waals surface area contributed by atoms with Crippen molar-refractivity contribution in [2.24, 2.45) is 4.99 Å². The zero-order chi connectivity index (χ0) is 20.5. The molecule has 0 spiro atoms. The van der Waals surface area contributed by atoms with Gasteiger partial charge in [0, 0.05) is 24.3 Å². The molecule has 8 heteroatoms. The van der Waals surface area contributed by atoms with Gasteiger partial charge in [0.15, 0.2) is 11.7 Å².